The number of halogens is 1. The van der Waals surface area contributed by atoms with Gasteiger partial charge in [0.1, 0.15) is 6.29 Å². The third-order valence-electron chi connectivity index (χ3n) is 3.59. The molecule has 0 aliphatic carbocycles. The van der Waals surface area contributed by atoms with E-state index in [-0.39, 0.29) is 0 Å². The van der Waals surface area contributed by atoms with E-state index in [1.807, 2.05) is 59.0 Å². The van der Waals surface area contributed by atoms with Gasteiger partial charge in [0.05, 0.1) is 16.2 Å². The molecule has 0 bridgehead atoms. The number of methoxy groups -OCH3 is 1. The summed E-state index contributed by atoms with van der Waals surface area (Å²) in [5.41, 5.74) is 0.937. The largest absolute Gasteiger partial charge is 0.493 e. The van der Waals surface area contributed by atoms with E-state index >= 15 is 0 Å². The fraction of sp³-hybridized carbons (Fsp3) is 0.0526. The second-order valence-corrected chi connectivity index (χ2v) is 6.23. The van der Waals surface area contributed by atoms with Gasteiger partial charge in [-0.2, -0.15) is 0 Å². The van der Waals surface area contributed by atoms with E-state index in [0.717, 1.165) is 17.1 Å². The summed E-state index contributed by atoms with van der Waals surface area (Å²) < 4.78 is 11.5. The molecular formula is C19H13IO4. The minimum Gasteiger partial charge on any atom is -0.493 e. The van der Waals surface area contributed by atoms with E-state index < -0.39 is 5.97 Å². The Hall–Kier alpha value is -2.41. The van der Waals surface area contributed by atoms with Gasteiger partial charge in [-0.05, 0) is 51.6 Å². The molecule has 0 fully saturated rings. The van der Waals surface area contributed by atoms with E-state index in [1.54, 1.807) is 18.2 Å². The number of fused-ring (bicyclic) bond motifs is 1. The van der Waals surface area contributed by atoms with E-state index in [9.17, 15) is 9.59 Å². The van der Waals surface area contributed by atoms with Crippen molar-refractivity contribution in [3.63, 3.8) is 0 Å². The molecule has 4 nitrogen and oxygen atoms in total. The number of ether oxygens (including phenoxy) is 2. The van der Waals surface area contributed by atoms with Crippen LogP contribution in [0.25, 0.3) is 10.8 Å². The first-order valence-electron chi connectivity index (χ1n) is 7.16. The highest BCUT2D eigenvalue weighted by Gasteiger charge is 2.18. The van der Waals surface area contributed by atoms with Crippen molar-refractivity contribution in [2.75, 3.05) is 7.11 Å². The zero-order valence-electron chi connectivity index (χ0n) is 12.8. The second kappa shape index (κ2) is 7.00. The van der Waals surface area contributed by atoms with Crippen molar-refractivity contribution in [3.8, 4) is 11.5 Å². The Labute approximate surface area is 152 Å². The quantitative estimate of drug-likeness (QED) is 0.264. The lowest BCUT2D eigenvalue weighted by Crippen LogP contribution is -2.11. The maximum Gasteiger partial charge on any atom is 0.344 e. The van der Waals surface area contributed by atoms with Gasteiger partial charge in [-0.3, -0.25) is 4.79 Å². The molecule has 120 valence electrons. The van der Waals surface area contributed by atoms with Crippen LogP contribution in [0.15, 0.2) is 54.6 Å². The molecule has 3 aromatic carbocycles. The van der Waals surface area contributed by atoms with Crippen molar-refractivity contribution in [1.82, 2.24) is 0 Å². The zero-order chi connectivity index (χ0) is 17.1. The van der Waals surface area contributed by atoms with Crippen molar-refractivity contribution >= 4 is 45.6 Å². The van der Waals surface area contributed by atoms with Crippen LogP contribution in [0, 0.1) is 3.57 Å². The lowest BCUT2D eigenvalue weighted by molar-refractivity contribution is 0.0730. The van der Waals surface area contributed by atoms with Gasteiger partial charge in [0, 0.05) is 5.56 Å². The van der Waals surface area contributed by atoms with E-state index in [2.05, 4.69) is 0 Å². The normalized spacial score (nSPS) is 10.4. The van der Waals surface area contributed by atoms with Crippen LogP contribution < -0.4 is 9.47 Å². The Kier molecular flexibility index (Phi) is 4.80. The van der Waals surface area contributed by atoms with Gasteiger partial charge in [0.15, 0.2) is 11.5 Å². The number of aldehydes is 1. The summed E-state index contributed by atoms with van der Waals surface area (Å²) in [5.74, 6) is 0.182. The number of rotatable bonds is 4. The lowest BCUT2D eigenvalue weighted by Gasteiger charge is -2.12. The van der Waals surface area contributed by atoms with Crippen LogP contribution in [0.2, 0.25) is 0 Å². The Bertz CT molecular complexity index is 929. The first kappa shape index (κ1) is 16.4. The second-order valence-electron chi connectivity index (χ2n) is 5.07. The lowest BCUT2D eigenvalue weighted by atomic mass is 10.0. The first-order valence-corrected chi connectivity index (χ1v) is 8.24. The average Bonchev–Trinajstić information content (AvgIpc) is 2.62. The molecule has 0 aliphatic heterocycles. The van der Waals surface area contributed by atoms with Crippen molar-refractivity contribution in [2.45, 2.75) is 0 Å². The fourth-order valence-electron chi connectivity index (χ4n) is 2.46. The predicted molar refractivity (Wildman–Crippen MR) is 100 cm³/mol. The van der Waals surface area contributed by atoms with Gasteiger partial charge in [-0.1, -0.05) is 36.4 Å². The summed E-state index contributed by atoms with van der Waals surface area (Å²) >= 11 is 2.01. The number of hydrogen-bond acceptors (Lipinski definition) is 4. The number of benzene rings is 3. The van der Waals surface area contributed by atoms with Crippen molar-refractivity contribution in [1.29, 1.82) is 0 Å². The highest BCUT2D eigenvalue weighted by Crippen LogP contribution is 2.34. The van der Waals surface area contributed by atoms with Crippen LogP contribution in [0.5, 0.6) is 11.5 Å². The molecule has 0 heterocycles. The molecule has 0 aromatic heterocycles. The zero-order valence-corrected chi connectivity index (χ0v) is 14.9. The minimum absolute atomic E-state index is 0.307. The molecule has 0 N–H and O–H groups in total. The molecule has 0 radical (unpaired) electrons. The van der Waals surface area contributed by atoms with Crippen LogP contribution >= 0.6 is 22.6 Å². The maximum atomic E-state index is 12.7. The van der Waals surface area contributed by atoms with Gasteiger partial charge in [0.25, 0.3) is 0 Å². The molecule has 0 saturated carbocycles. The number of carbonyl (C=O) groups is 2. The predicted octanol–water partition coefficient (Wildman–Crippen LogP) is 4.48. The smallest absolute Gasteiger partial charge is 0.344 e. The summed E-state index contributed by atoms with van der Waals surface area (Å²) in [4.78, 5) is 23.6. The van der Waals surface area contributed by atoms with E-state index in [1.165, 1.54) is 7.11 Å². The van der Waals surface area contributed by atoms with Gasteiger partial charge in [0.2, 0.25) is 0 Å². The SMILES string of the molecule is COc1cc(C=O)cc(I)c1OC(=O)c1cccc2ccccc12. The highest BCUT2D eigenvalue weighted by atomic mass is 127. The minimum atomic E-state index is -0.470. The van der Waals surface area contributed by atoms with Crippen LogP contribution in [-0.4, -0.2) is 19.4 Å². The molecule has 5 heteroatoms. The summed E-state index contributed by atoms with van der Waals surface area (Å²) in [5, 5.41) is 1.79. The Morgan fingerprint density at radius 2 is 1.83 bits per heavy atom. The van der Waals surface area contributed by atoms with Crippen LogP contribution in [0.1, 0.15) is 20.7 Å². The summed E-state index contributed by atoms with van der Waals surface area (Å²) in [6.07, 6.45) is 0.723. The Morgan fingerprint density at radius 3 is 2.58 bits per heavy atom. The van der Waals surface area contributed by atoms with Crippen LogP contribution in [0.4, 0.5) is 0 Å². The number of carbonyl (C=O) groups excluding carboxylic acids is 2. The molecule has 0 spiro atoms. The van der Waals surface area contributed by atoms with Gasteiger partial charge < -0.3 is 9.47 Å². The summed E-state index contributed by atoms with van der Waals surface area (Å²) in [7, 11) is 1.47. The van der Waals surface area contributed by atoms with Gasteiger partial charge >= 0.3 is 5.97 Å². The molecule has 0 atom stereocenters. The fourth-order valence-corrected chi connectivity index (χ4v) is 3.19. The molecular weight excluding hydrogens is 419 g/mol. The van der Waals surface area contributed by atoms with Crippen molar-refractivity contribution < 1.29 is 19.1 Å². The number of esters is 1. The van der Waals surface area contributed by atoms with Gasteiger partial charge in [-0.25, -0.2) is 4.79 Å². The Balaban J connectivity index is 2.02. The van der Waals surface area contributed by atoms with E-state index in [4.69, 9.17) is 9.47 Å². The summed E-state index contributed by atoms with van der Waals surface area (Å²) in [6, 6.07) is 16.3. The standard InChI is InChI=1S/C19H13IO4/c1-23-17-10-12(11-21)9-16(20)18(17)24-19(22)15-8-4-6-13-5-2-3-7-14(13)15/h2-11H,1H3. The molecule has 0 unspecified atom stereocenters. The maximum absolute atomic E-state index is 12.7. The third kappa shape index (κ3) is 3.12. The number of hydrogen-bond donors (Lipinski definition) is 0. The molecule has 24 heavy (non-hydrogen) atoms. The average molecular weight is 432 g/mol. The molecule has 3 rings (SSSR count). The van der Waals surface area contributed by atoms with E-state index in [0.29, 0.717) is 26.2 Å². The molecule has 0 amide bonds. The monoisotopic (exact) mass is 432 g/mol. The van der Waals surface area contributed by atoms with Crippen molar-refractivity contribution in [2.24, 2.45) is 0 Å². The molecule has 0 saturated heterocycles. The Morgan fingerprint density at radius 1 is 1.08 bits per heavy atom. The highest BCUT2D eigenvalue weighted by molar-refractivity contribution is 14.1. The molecule has 0 aliphatic rings. The van der Waals surface area contributed by atoms with Crippen LogP contribution in [0.3, 0.4) is 0 Å². The summed E-state index contributed by atoms with van der Waals surface area (Å²) in [6.45, 7) is 0. The topological polar surface area (TPSA) is 52.6 Å². The van der Waals surface area contributed by atoms with Gasteiger partial charge in [-0.15, -0.1) is 0 Å². The molecule has 3 aromatic rings. The van der Waals surface area contributed by atoms with Crippen molar-refractivity contribution in [3.05, 3.63) is 69.3 Å². The van der Waals surface area contributed by atoms with Crippen LogP contribution in [-0.2, 0) is 0 Å². The third-order valence-corrected chi connectivity index (χ3v) is 4.39. The first-order chi connectivity index (χ1) is 11.6.